The Morgan fingerprint density at radius 1 is 0.879 bits per heavy atom. The monoisotopic (exact) mass is 465 g/mol. The predicted octanol–water partition coefficient (Wildman–Crippen LogP) is 4.10. The van der Waals surface area contributed by atoms with E-state index in [-0.39, 0.29) is 17.3 Å². The van der Waals surface area contributed by atoms with Crippen LogP contribution in [0.4, 0.5) is 11.4 Å². The minimum Gasteiger partial charge on any atom is -0.489 e. The predicted molar refractivity (Wildman–Crippen MR) is 129 cm³/mol. The Kier molecular flexibility index (Phi) is 7.26. The molecule has 172 valence electrons. The number of amides is 1. The number of hydrogen-bond acceptors (Lipinski definition) is 5. The van der Waals surface area contributed by atoms with E-state index in [9.17, 15) is 13.2 Å². The number of hydrogen-bond donors (Lipinski definition) is 2. The van der Waals surface area contributed by atoms with E-state index in [1.54, 1.807) is 48.5 Å². The molecular formula is C25H27N3O4S. The molecule has 1 aliphatic rings. The van der Waals surface area contributed by atoms with Crippen molar-refractivity contribution in [1.29, 1.82) is 0 Å². The third kappa shape index (κ3) is 6.12. The van der Waals surface area contributed by atoms with Crippen LogP contribution in [0, 0.1) is 0 Å². The summed E-state index contributed by atoms with van der Waals surface area (Å²) in [4.78, 5) is 12.6. The number of ether oxygens (including phenoxy) is 1. The summed E-state index contributed by atoms with van der Waals surface area (Å²) in [6, 6.07) is 23.6. The van der Waals surface area contributed by atoms with E-state index < -0.39 is 10.0 Å². The summed E-state index contributed by atoms with van der Waals surface area (Å²) in [7, 11) is -3.49. The molecule has 3 aromatic rings. The first-order valence-electron chi connectivity index (χ1n) is 10.9. The number of nitrogens with one attached hydrogen (secondary N) is 2. The van der Waals surface area contributed by atoms with Gasteiger partial charge in [-0.05, 0) is 60.9 Å². The molecule has 1 heterocycles. The first-order valence-corrected chi connectivity index (χ1v) is 12.4. The third-order valence-corrected chi connectivity index (χ3v) is 7.27. The maximum Gasteiger partial charge on any atom is 0.243 e. The normalized spacial score (nSPS) is 14.1. The first kappa shape index (κ1) is 22.8. The van der Waals surface area contributed by atoms with Gasteiger partial charge in [0.1, 0.15) is 12.4 Å². The summed E-state index contributed by atoms with van der Waals surface area (Å²) < 4.78 is 32.7. The van der Waals surface area contributed by atoms with Crippen LogP contribution in [-0.4, -0.2) is 38.3 Å². The Morgan fingerprint density at radius 3 is 2.33 bits per heavy atom. The van der Waals surface area contributed by atoms with E-state index in [4.69, 9.17) is 4.74 Å². The maximum atomic E-state index is 12.7. The quantitative estimate of drug-likeness (QED) is 0.497. The lowest BCUT2D eigenvalue weighted by molar-refractivity contribution is -0.114. The molecule has 2 N–H and O–H groups in total. The Hall–Kier alpha value is -3.36. The summed E-state index contributed by atoms with van der Waals surface area (Å²) in [5.74, 6) is 0.478. The van der Waals surface area contributed by atoms with Crippen LogP contribution in [0.5, 0.6) is 5.75 Å². The van der Waals surface area contributed by atoms with E-state index in [0.717, 1.165) is 18.4 Å². The van der Waals surface area contributed by atoms with Crippen molar-refractivity contribution in [3.63, 3.8) is 0 Å². The molecule has 1 aliphatic heterocycles. The van der Waals surface area contributed by atoms with Gasteiger partial charge in [-0.2, -0.15) is 4.31 Å². The number of nitrogens with zero attached hydrogens (tertiary/aromatic N) is 1. The van der Waals surface area contributed by atoms with E-state index in [1.807, 2.05) is 30.3 Å². The summed E-state index contributed by atoms with van der Waals surface area (Å²) in [5, 5.41) is 5.82. The highest BCUT2D eigenvalue weighted by Crippen LogP contribution is 2.23. The molecule has 1 amide bonds. The fourth-order valence-corrected chi connectivity index (χ4v) is 5.17. The molecule has 4 rings (SSSR count). The smallest absolute Gasteiger partial charge is 0.243 e. The Labute approximate surface area is 194 Å². The Bertz CT molecular complexity index is 1180. The minimum atomic E-state index is -3.49. The Morgan fingerprint density at radius 2 is 1.61 bits per heavy atom. The molecule has 0 bridgehead atoms. The van der Waals surface area contributed by atoms with Crippen LogP contribution in [0.1, 0.15) is 18.4 Å². The van der Waals surface area contributed by atoms with Gasteiger partial charge in [0, 0.05) is 24.5 Å². The van der Waals surface area contributed by atoms with E-state index in [2.05, 4.69) is 10.6 Å². The molecule has 1 saturated heterocycles. The van der Waals surface area contributed by atoms with E-state index >= 15 is 0 Å². The van der Waals surface area contributed by atoms with Crippen molar-refractivity contribution in [2.75, 3.05) is 30.3 Å². The van der Waals surface area contributed by atoms with Gasteiger partial charge in [0.05, 0.1) is 11.4 Å². The van der Waals surface area contributed by atoms with E-state index in [1.165, 1.54) is 4.31 Å². The fraction of sp³-hybridized carbons (Fsp3) is 0.240. The van der Waals surface area contributed by atoms with Crippen LogP contribution in [0.25, 0.3) is 0 Å². The summed E-state index contributed by atoms with van der Waals surface area (Å²) in [5.41, 5.74) is 2.31. The van der Waals surface area contributed by atoms with Crippen LogP contribution in [0.2, 0.25) is 0 Å². The molecule has 33 heavy (non-hydrogen) atoms. The lowest BCUT2D eigenvalue weighted by atomic mass is 10.2. The average molecular weight is 466 g/mol. The van der Waals surface area contributed by atoms with Gasteiger partial charge >= 0.3 is 0 Å². The lowest BCUT2D eigenvalue weighted by Gasteiger charge is -2.16. The lowest BCUT2D eigenvalue weighted by Crippen LogP contribution is -2.28. The van der Waals surface area contributed by atoms with Crippen molar-refractivity contribution in [3.8, 4) is 5.75 Å². The molecule has 8 heteroatoms. The molecule has 1 fully saturated rings. The van der Waals surface area contributed by atoms with E-state index in [0.29, 0.717) is 36.8 Å². The number of rotatable bonds is 9. The highest BCUT2D eigenvalue weighted by molar-refractivity contribution is 7.89. The van der Waals surface area contributed by atoms with Crippen LogP contribution < -0.4 is 15.4 Å². The van der Waals surface area contributed by atoms with Gasteiger partial charge in [-0.3, -0.25) is 4.79 Å². The van der Waals surface area contributed by atoms with Crippen molar-refractivity contribution >= 4 is 27.3 Å². The largest absolute Gasteiger partial charge is 0.489 e. The molecule has 0 unspecified atom stereocenters. The SMILES string of the molecule is O=C(CNc1cccc(S(=O)(=O)N2CCCC2)c1)Nc1ccc(OCc2ccccc2)cc1. The van der Waals surface area contributed by atoms with Crippen LogP contribution in [0.15, 0.2) is 83.8 Å². The summed E-state index contributed by atoms with van der Waals surface area (Å²) >= 11 is 0. The van der Waals surface area contributed by atoms with Crippen LogP contribution in [0.3, 0.4) is 0 Å². The molecule has 0 aromatic heterocycles. The molecule has 0 spiro atoms. The van der Waals surface area contributed by atoms with Crippen molar-refractivity contribution in [3.05, 3.63) is 84.4 Å². The van der Waals surface area contributed by atoms with Gasteiger partial charge in [0.25, 0.3) is 0 Å². The van der Waals surface area contributed by atoms with Gasteiger partial charge in [-0.15, -0.1) is 0 Å². The zero-order chi connectivity index (χ0) is 23.1. The highest BCUT2D eigenvalue weighted by atomic mass is 32.2. The molecular weight excluding hydrogens is 438 g/mol. The molecule has 0 saturated carbocycles. The summed E-state index contributed by atoms with van der Waals surface area (Å²) in [6.07, 6.45) is 1.77. The fourth-order valence-electron chi connectivity index (χ4n) is 3.61. The average Bonchev–Trinajstić information content (AvgIpc) is 3.39. The highest BCUT2D eigenvalue weighted by Gasteiger charge is 2.27. The zero-order valence-electron chi connectivity index (χ0n) is 18.2. The minimum absolute atomic E-state index is 0.0134. The molecule has 7 nitrogen and oxygen atoms in total. The number of benzene rings is 3. The van der Waals surface area contributed by atoms with Crippen molar-refractivity contribution in [2.45, 2.75) is 24.3 Å². The Balaban J connectivity index is 1.28. The second-order valence-electron chi connectivity index (χ2n) is 7.84. The topological polar surface area (TPSA) is 87.7 Å². The molecule has 0 radical (unpaired) electrons. The molecule has 0 aliphatic carbocycles. The van der Waals surface area contributed by atoms with Crippen molar-refractivity contribution in [1.82, 2.24) is 4.31 Å². The second-order valence-corrected chi connectivity index (χ2v) is 9.78. The van der Waals surface area contributed by atoms with Gasteiger partial charge in [0.15, 0.2) is 0 Å². The second kappa shape index (κ2) is 10.5. The van der Waals surface area contributed by atoms with Gasteiger partial charge in [-0.1, -0.05) is 36.4 Å². The number of carbonyl (C=O) groups excluding carboxylic acids is 1. The standard InChI is InChI=1S/C25H27N3O4S/c29-25(27-21-11-13-23(14-12-21)32-19-20-7-2-1-3-8-20)18-26-22-9-6-10-24(17-22)33(30,31)28-15-4-5-16-28/h1-3,6-14,17,26H,4-5,15-16,18-19H2,(H,27,29). The van der Waals surface area contributed by atoms with Crippen LogP contribution in [-0.2, 0) is 21.4 Å². The zero-order valence-corrected chi connectivity index (χ0v) is 19.1. The van der Waals surface area contributed by atoms with Gasteiger partial charge < -0.3 is 15.4 Å². The molecule has 3 aromatic carbocycles. The third-order valence-electron chi connectivity index (χ3n) is 5.38. The van der Waals surface area contributed by atoms with Crippen molar-refractivity contribution in [2.24, 2.45) is 0 Å². The summed E-state index contributed by atoms with van der Waals surface area (Å²) in [6.45, 7) is 1.60. The van der Waals surface area contributed by atoms with Gasteiger partial charge in [0.2, 0.25) is 15.9 Å². The van der Waals surface area contributed by atoms with Crippen LogP contribution >= 0.6 is 0 Å². The van der Waals surface area contributed by atoms with Crippen molar-refractivity contribution < 1.29 is 17.9 Å². The number of sulfonamides is 1. The first-order chi connectivity index (χ1) is 16.0. The molecule has 0 atom stereocenters. The number of anilines is 2. The number of carbonyl (C=O) groups is 1. The van der Waals surface area contributed by atoms with Gasteiger partial charge in [-0.25, -0.2) is 8.42 Å². The maximum absolute atomic E-state index is 12.7.